The van der Waals surface area contributed by atoms with Crippen molar-refractivity contribution in [1.29, 1.82) is 0 Å². The Morgan fingerprint density at radius 2 is 1.40 bits per heavy atom. The highest BCUT2D eigenvalue weighted by molar-refractivity contribution is 5.28. The molecule has 23 atom stereocenters. The summed E-state index contributed by atoms with van der Waals surface area (Å²) in [6, 6.07) is 0. The fourth-order valence-electron chi connectivity index (χ4n) is 12.0. The van der Waals surface area contributed by atoms with Crippen LogP contribution >= 0.6 is 0 Å². The van der Waals surface area contributed by atoms with Crippen LogP contribution in [0.3, 0.4) is 0 Å². The average Bonchev–Trinajstić information content (AvgIpc) is 3.47. The Balaban J connectivity index is 0.972. The van der Waals surface area contributed by atoms with Crippen molar-refractivity contribution in [1.82, 2.24) is 0 Å². The number of hydrogen-bond donors (Lipinski definition) is 10. The number of methoxy groups -OCH3 is 1. The minimum absolute atomic E-state index is 0.0837. The maximum Gasteiger partial charge on any atom is 0.187 e. The highest BCUT2D eigenvalue weighted by atomic mass is 16.8. The van der Waals surface area contributed by atoms with E-state index in [1.807, 2.05) is 6.92 Å². The van der Waals surface area contributed by atoms with Gasteiger partial charge >= 0.3 is 0 Å². The standard InChI is InChI=1S/C40H66O17/c1-17(42)21-10-13-40(50)23-7-6-19-14-20(8-11-38(19,3)22(23)9-12-39(21,40)4)54-37-32(49)34(51-5)33(18(2)53-37)57-36-31(48)29(46)27(44)25(56-36)16-52-35-30(47)28(45)26(43)24(15-41)55-35/h6,17-18,20-37,41-50H,7-16H2,1-5H3. The lowest BCUT2D eigenvalue weighted by molar-refractivity contribution is -0.366. The summed E-state index contributed by atoms with van der Waals surface area (Å²) in [6.45, 7) is 6.84. The number of ether oxygens (including phenoxy) is 7. The molecule has 0 aromatic heterocycles. The lowest BCUT2D eigenvalue weighted by Crippen LogP contribution is -2.65. The molecule has 23 unspecified atom stereocenters. The molecule has 57 heavy (non-hydrogen) atoms. The minimum atomic E-state index is -1.77. The van der Waals surface area contributed by atoms with Gasteiger partial charge in [-0.2, -0.15) is 0 Å². The van der Waals surface area contributed by atoms with Crippen molar-refractivity contribution in [3.63, 3.8) is 0 Å². The van der Waals surface area contributed by atoms with Gasteiger partial charge in [0.1, 0.15) is 67.1 Å². The molecule has 4 aliphatic carbocycles. The normalized spacial score (nSPS) is 54.6. The Morgan fingerprint density at radius 1 is 0.754 bits per heavy atom. The van der Waals surface area contributed by atoms with E-state index in [2.05, 4.69) is 19.9 Å². The third-order valence-electron chi connectivity index (χ3n) is 15.5. The Labute approximate surface area is 333 Å². The van der Waals surface area contributed by atoms with Gasteiger partial charge in [0.15, 0.2) is 18.9 Å². The Bertz CT molecular complexity index is 1420. The first-order chi connectivity index (χ1) is 26.9. The van der Waals surface area contributed by atoms with Gasteiger partial charge in [0, 0.05) is 12.5 Å². The molecule has 0 radical (unpaired) electrons. The van der Waals surface area contributed by atoms with Crippen LogP contribution in [0.25, 0.3) is 0 Å². The van der Waals surface area contributed by atoms with E-state index in [-0.39, 0.29) is 28.8 Å². The highest BCUT2D eigenvalue weighted by Crippen LogP contribution is 2.68. The van der Waals surface area contributed by atoms with Crippen LogP contribution in [-0.4, -0.2) is 181 Å². The molecule has 3 saturated heterocycles. The van der Waals surface area contributed by atoms with Gasteiger partial charge in [-0.3, -0.25) is 0 Å². The molecule has 0 aromatic rings. The van der Waals surface area contributed by atoms with Gasteiger partial charge in [0.05, 0.1) is 37.1 Å². The zero-order valence-electron chi connectivity index (χ0n) is 33.5. The van der Waals surface area contributed by atoms with Crippen molar-refractivity contribution in [2.45, 2.75) is 189 Å². The molecule has 7 rings (SSSR count). The molecule has 3 aliphatic heterocycles. The van der Waals surface area contributed by atoms with Crippen LogP contribution in [-0.2, 0) is 33.2 Å². The van der Waals surface area contributed by atoms with Gasteiger partial charge in [-0.05, 0) is 88.4 Å². The molecule has 328 valence electrons. The van der Waals surface area contributed by atoms with E-state index < -0.39 is 117 Å². The second kappa shape index (κ2) is 16.7. The van der Waals surface area contributed by atoms with E-state index in [1.54, 1.807) is 6.92 Å². The molecule has 0 amide bonds. The number of rotatable bonds is 10. The number of aliphatic hydroxyl groups excluding tert-OH is 9. The Hall–Kier alpha value is -0.940. The third-order valence-corrected chi connectivity index (χ3v) is 15.5. The highest BCUT2D eigenvalue weighted by Gasteiger charge is 2.67. The largest absolute Gasteiger partial charge is 0.394 e. The van der Waals surface area contributed by atoms with E-state index in [1.165, 1.54) is 12.7 Å². The summed E-state index contributed by atoms with van der Waals surface area (Å²) >= 11 is 0. The van der Waals surface area contributed by atoms with Crippen molar-refractivity contribution in [2.75, 3.05) is 20.3 Å². The van der Waals surface area contributed by atoms with Gasteiger partial charge in [-0.25, -0.2) is 0 Å². The third kappa shape index (κ3) is 7.47. The fraction of sp³-hybridized carbons (Fsp3) is 0.950. The van der Waals surface area contributed by atoms with E-state index in [0.717, 1.165) is 38.5 Å². The van der Waals surface area contributed by atoms with Gasteiger partial charge in [0.25, 0.3) is 0 Å². The van der Waals surface area contributed by atoms with Crippen molar-refractivity contribution < 1.29 is 84.2 Å². The molecule has 0 aromatic carbocycles. The van der Waals surface area contributed by atoms with Crippen LogP contribution in [0.2, 0.25) is 0 Å². The maximum atomic E-state index is 12.3. The number of aliphatic hydroxyl groups is 10. The van der Waals surface area contributed by atoms with Crippen LogP contribution in [0.15, 0.2) is 11.6 Å². The van der Waals surface area contributed by atoms with Gasteiger partial charge in [-0.15, -0.1) is 0 Å². The van der Waals surface area contributed by atoms with E-state index in [0.29, 0.717) is 18.8 Å². The summed E-state index contributed by atoms with van der Waals surface area (Å²) in [6.07, 6.45) is -13.2. The van der Waals surface area contributed by atoms with Crippen LogP contribution in [0.5, 0.6) is 0 Å². The molecular weight excluding hydrogens is 752 g/mol. The number of fused-ring (bicyclic) bond motifs is 5. The first kappa shape index (κ1) is 44.1. The first-order valence-corrected chi connectivity index (χ1v) is 20.8. The summed E-state index contributed by atoms with van der Waals surface area (Å²) in [4.78, 5) is 0. The lowest BCUT2D eigenvalue weighted by atomic mass is 9.45. The first-order valence-electron chi connectivity index (χ1n) is 20.8. The summed E-state index contributed by atoms with van der Waals surface area (Å²) < 4.78 is 41.2. The monoisotopic (exact) mass is 818 g/mol. The summed E-state index contributed by atoms with van der Waals surface area (Å²) in [7, 11) is 1.39. The molecule has 10 N–H and O–H groups in total. The fourth-order valence-corrected chi connectivity index (χ4v) is 12.0. The molecule has 6 fully saturated rings. The SMILES string of the molecule is COC1C(O)C(OC2CCC3(C)C(=CCC4C3CCC3(C)C(C(C)O)CCC43O)C2)OC(C)C1OC1OC(COC2OC(CO)C(O)C(O)C2O)C(O)C(O)C1O. The van der Waals surface area contributed by atoms with Crippen LogP contribution in [0, 0.1) is 28.6 Å². The predicted octanol–water partition coefficient (Wildman–Crippen LogP) is -1.42. The zero-order chi connectivity index (χ0) is 41.4. The topological polar surface area (TPSA) is 267 Å². The molecular formula is C40H66O17. The van der Waals surface area contributed by atoms with Crippen molar-refractivity contribution in [3.05, 3.63) is 11.6 Å². The molecule has 0 bridgehead atoms. The Kier molecular flexibility index (Phi) is 13.0. The van der Waals surface area contributed by atoms with Gasteiger partial charge in [0.2, 0.25) is 0 Å². The quantitative estimate of drug-likeness (QED) is 0.113. The van der Waals surface area contributed by atoms with E-state index in [9.17, 15) is 51.1 Å². The average molecular weight is 819 g/mol. The summed E-state index contributed by atoms with van der Waals surface area (Å²) in [5, 5.41) is 107. The molecule has 17 heteroatoms. The van der Waals surface area contributed by atoms with Gasteiger partial charge in [-0.1, -0.05) is 25.5 Å². The maximum absolute atomic E-state index is 12.3. The number of allylic oxidation sites excluding steroid dienone is 1. The smallest absolute Gasteiger partial charge is 0.187 e. The predicted molar refractivity (Wildman–Crippen MR) is 196 cm³/mol. The molecule has 0 spiro atoms. The summed E-state index contributed by atoms with van der Waals surface area (Å²) in [5.74, 6) is 0.518. The second-order valence-corrected chi connectivity index (χ2v) is 18.4. The second-order valence-electron chi connectivity index (χ2n) is 18.4. The molecule has 17 nitrogen and oxygen atoms in total. The Morgan fingerprint density at radius 3 is 2.07 bits per heavy atom. The molecule has 3 heterocycles. The van der Waals surface area contributed by atoms with Crippen LogP contribution in [0.1, 0.15) is 79.1 Å². The lowest BCUT2D eigenvalue weighted by Gasteiger charge is -2.61. The van der Waals surface area contributed by atoms with Crippen molar-refractivity contribution in [3.8, 4) is 0 Å². The molecule has 7 aliphatic rings. The van der Waals surface area contributed by atoms with Gasteiger partial charge < -0.3 is 84.2 Å². The zero-order valence-corrected chi connectivity index (χ0v) is 33.5. The summed E-state index contributed by atoms with van der Waals surface area (Å²) in [5.41, 5.74) is 0.0610. The van der Waals surface area contributed by atoms with Crippen molar-refractivity contribution >= 4 is 0 Å². The van der Waals surface area contributed by atoms with Crippen LogP contribution in [0.4, 0.5) is 0 Å². The minimum Gasteiger partial charge on any atom is -0.394 e. The van der Waals surface area contributed by atoms with E-state index in [4.69, 9.17) is 33.2 Å². The van der Waals surface area contributed by atoms with Crippen LogP contribution < -0.4 is 0 Å². The number of hydrogen-bond acceptors (Lipinski definition) is 17. The molecule has 3 saturated carbocycles. The van der Waals surface area contributed by atoms with E-state index >= 15 is 0 Å². The van der Waals surface area contributed by atoms with Crippen molar-refractivity contribution in [2.24, 2.45) is 28.6 Å².